The summed E-state index contributed by atoms with van der Waals surface area (Å²) in [6.07, 6.45) is 5.08. The van der Waals surface area contributed by atoms with E-state index in [1.165, 1.54) is 25.7 Å². The van der Waals surface area contributed by atoms with Crippen molar-refractivity contribution in [2.75, 3.05) is 13.2 Å². The second-order valence-corrected chi connectivity index (χ2v) is 6.73. The van der Waals surface area contributed by atoms with Crippen LogP contribution in [0.3, 0.4) is 0 Å². The standard InChI is InChI=1S/C18H27ClN2O3/c1-3-23-16-8-13(10-21-15-7-5-4-6-12(15)2)14(19)9-17(16)24-11-18(20)22/h8-9,12,15,21H,3-7,10-11H2,1-2H3,(H2,20,22)/t12-,15-/m0/s1. The molecule has 0 aliphatic heterocycles. The first kappa shape index (κ1) is 18.9. The third-order valence-corrected chi connectivity index (χ3v) is 4.80. The molecule has 3 N–H and O–H groups in total. The molecule has 0 aromatic heterocycles. The molecule has 1 aliphatic carbocycles. The van der Waals surface area contributed by atoms with E-state index in [9.17, 15) is 4.79 Å². The number of benzene rings is 1. The van der Waals surface area contributed by atoms with Gasteiger partial charge in [-0.2, -0.15) is 0 Å². The van der Waals surface area contributed by atoms with Gasteiger partial charge in [0.1, 0.15) is 0 Å². The zero-order valence-electron chi connectivity index (χ0n) is 14.4. The molecule has 2 atom stereocenters. The fourth-order valence-corrected chi connectivity index (χ4v) is 3.32. The van der Waals surface area contributed by atoms with Crippen LogP contribution in [0.4, 0.5) is 0 Å². The maximum Gasteiger partial charge on any atom is 0.255 e. The monoisotopic (exact) mass is 354 g/mol. The highest BCUT2D eigenvalue weighted by Crippen LogP contribution is 2.34. The van der Waals surface area contributed by atoms with E-state index in [0.29, 0.717) is 41.6 Å². The molecule has 1 aromatic rings. The second kappa shape index (κ2) is 9.14. The average molecular weight is 355 g/mol. The van der Waals surface area contributed by atoms with Crippen LogP contribution < -0.4 is 20.5 Å². The van der Waals surface area contributed by atoms with Gasteiger partial charge in [0.15, 0.2) is 18.1 Å². The highest BCUT2D eigenvalue weighted by atomic mass is 35.5. The number of primary amides is 1. The van der Waals surface area contributed by atoms with Gasteiger partial charge in [0.2, 0.25) is 0 Å². The number of hydrogen-bond acceptors (Lipinski definition) is 4. The number of halogens is 1. The maximum absolute atomic E-state index is 10.9. The second-order valence-electron chi connectivity index (χ2n) is 6.33. The lowest BCUT2D eigenvalue weighted by molar-refractivity contribution is -0.119. The third kappa shape index (κ3) is 5.28. The van der Waals surface area contributed by atoms with Gasteiger partial charge in [-0.05, 0) is 37.3 Å². The molecular weight excluding hydrogens is 328 g/mol. The number of hydrogen-bond donors (Lipinski definition) is 2. The largest absolute Gasteiger partial charge is 0.490 e. The van der Waals surface area contributed by atoms with Crippen LogP contribution in [-0.2, 0) is 11.3 Å². The fourth-order valence-electron chi connectivity index (χ4n) is 3.10. The third-order valence-electron chi connectivity index (χ3n) is 4.45. The summed E-state index contributed by atoms with van der Waals surface area (Å²) < 4.78 is 11.0. The Morgan fingerprint density at radius 3 is 2.67 bits per heavy atom. The molecule has 134 valence electrons. The Hall–Kier alpha value is -1.46. The molecule has 0 bridgehead atoms. The number of nitrogens with one attached hydrogen (secondary N) is 1. The van der Waals surface area contributed by atoms with E-state index in [2.05, 4.69) is 12.2 Å². The van der Waals surface area contributed by atoms with Gasteiger partial charge in [-0.25, -0.2) is 0 Å². The molecule has 24 heavy (non-hydrogen) atoms. The van der Waals surface area contributed by atoms with Crippen LogP contribution in [0.2, 0.25) is 5.02 Å². The van der Waals surface area contributed by atoms with Crippen molar-refractivity contribution < 1.29 is 14.3 Å². The molecule has 2 rings (SSSR count). The maximum atomic E-state index is 10.9. The normalized spacial score (nSPS) is 20.6. The Balaban J connectivity index is 2.08. The number of ether oxygens (including phenoxy) is 2. The molecule has 0 unspecified atom stereocenters. The Kier molecular flexibility index (Phi) is 7.18. The lowest BCUT2D eigenvalue weighted by Crippen LogP contribution is -2.36. The van der Waals surface area contributed by atoms with Crippen molar-refractivity contribution in [3.63, 3.8) is 0 Å². The van der Waals surface area contributed by atoms with E-state index in [1.807, 2.05) is 13.0 Å². The molecule has 1 aliphatic rings. The predicted octanol–water partition coefficient (Wildman–Crippen LogP) is 3.27. The van der Waals surface area contributed by atoms with Gasteiger partial charge in [-0.3, -0.25) is 4.79 Å². The van der Waals surface area contributed by atoms with Crippen molar-refractivity contribution in [2.45, 2.75) is 52.1 Å². The molecule has 0 radical (unpaired) electrons. The summed E-state index contributed by atoms with van der Waals surface area (Å²) in [7, 11) is 0. The topological polar surface area (TPSA) is 73.6 Å². The predicted molar refractivity (Wildman–Crippen MR) is 95.6 cm³/mol. The molecule has 6 heteroatoms. The summed E-state index contributed by atoms with van der Waals surface area (Å²) in [4.78, 5) is 10.9. The van der Waals surface area contributed by atoms with E-state index in [4.69, 9.17) is 26.8 Å². The first-order valence-electron chi connectivity index (χ1n) is 8.61. The number of carbonyl (C=O) groups excluding carboxylic acids is 1. The zero-order chi connectivity index (χ0) is 17.5. The summed E-state index contributed by atoms with van der Waals surface area (Å²) in [6, 6.07) is 4.09. The van der Waals surface area contributed by atoms with E-state index >= 15 is 0 Å². The highest BCUT2D eigenvalue weighted by molar-refractivity contribution is 6.31. The number of rotatable bonds is 8. The van der Waals surface area contributed by atoms with Crippen LogP contribution in [-0.4, -0.2) is 25.2 Å². The van der Waals surface area contributed by atoms with Crippen molar-refractivity contribution in [1.82, 2.24) is 5.32 Å². The number of carbonyl (C=O) groups is 1. The van der Waals surface area contributed by atoms with Crippen molar-refractivity contribution in [3.05, 3.63) is 22.7 Å². The van der Waals surface area contributed by atoms with E-state index in [1.54, 1.807) is 6.07 Å². The van der Waals surface area contributed by atoms with Crippen molar-refractivity contribution in [2.24, 2.45) is 11.7 Å². The SMILES string of the molecule is CCOc1cc(CN[C@H]2CCCC[C@@H]2C)c(Cl)cc1OCC(N)=O. The van der Waals surface area contributed by atoms with Crippen LogP contribution in [0.5, 0.6) is 11.5 Å². The van der Waals surface area contributed by atoms with Crippen LogP contribution in [0, 0.1) is 5.92 Å². The quantitative estimate of drug-likeness (QED) is 0.751. The van der Waals surface area contributed by atoms with Crippen molar-refractivity contribution >= 4 is 17.5 Å². The molecule has 0 saturated heterocycles. The Bertz CT molecular complexity index is 565. The molecular formula is C18H27ClN2O3. The minimum absolute atomic E-state index is 0.201. The van der Waals surface area contributed by atoms with Gasteiger partial charge in [0.25, 0.3) is 5.91 Å². The summed E-state index contributed by atoms with van der Waals surface area (Å²) >= 11 is 6.38. The molecule has 1 saturated carbocycles. The smallest absolute Gasteiger partial charge is 0.255 e. The summed E-state index contributed by atoms with van der Waals surface area (Å²) in [5.74, 6) is 1.17. The Morgan fingerprint density at radius 2 is 2.00 bits per heavy atom. The number of nitrogens with two attached hydrogens (primary N) is 1. The molecule has 0 spiro atoms. The minimum Gasteiger partial charge on any atom is -0.490 e. The van der Waals surface area contributed by atoms with Gasteiger partial charge in [-0.1, -0.05) is 31.4 Å². The van der Waals surface area contributed by atoms with Gasteiger partial charge < -0.3 is 20.5 Å². The zero-order valence-corrected chi connectivity index (χ0v) is 15.2. The average Bonchev–Trinajstić information content (AvgIpc) is 2.55. The van der Waals surface area contributed by atoms with Gasteiger partial charge in [0.05, 0.1) is 6.61 Å². The molecule has 1 aromatic carbocycles. The lowest BCUT2D eigenvalue weighted by Gasteiger charge is -2.30. The fraction of sp³-hybridized carbons (Fsp3) is 0.611. The Morgan fingerprint density at radius 1 is 1.29 bits per heavy atom. The van der Waals surface area contributed by atoms with Gasteiger partial charge >= 0.3 is 0 Å². The number of amides is 1. The first-order valence-corrected chi connectivity index (χ1v) is 8.98. The molecule has 1 amide bonds. The van der Waals surface area contributed by atoms with E-state index in [0.717, 1.165) is 5.56 Å². The van der Waals surface area contributed by atoms with Crippen LogP contribution in [0.1, 0.15) is 45.1 Å². The van der Waals surface area contributed by atoms with Crippen molar-refractivity contribution in [1.29, 1.82) is 0 Å². The van der Waals surface area contributed by atoms with Crippen molar-refractivity contribution in [3.8, 4) is 11.5 Å². The summed E-state index contributed by atoms with van der Waals surface area (Å²) in [6.45, 7) is 5.18. The molecule has 1 fully saturated rings. The molecule has 0 heterocycles. The summed E-state index contributed by atoms with van der Waals surface area (Å²) in [5, 5.41) is 4.20. The van der Waals surface area contributed by atoms with Gasteiger partial charge in [0, 0.05) is 23.7 Å². The van der Waals surface area contributed by atoms with E-state index in [-0.39, 0.29) is 6.61 Å². The van der Waals surface area contributed by atoms with E-state index < -0.39 is 5.91 Å². The Labute approximate surface area is 148 Å². The lowest BCUT2D eigenvalue weighted by atomic mass is 9.86. The van der Waals surface area contributed by atoms with Crippen LogP contribution in [0.15, 0.2) is 12.1 Å². The highest BCUT2D eigenvalue weighted by Gasteiger charge is 2.21. The summed E-state index contributed by atoms with van der Waals surface area (Å²) in [5.41, 5.74) is 6.09. The van der Waals surface area contributed by atoms with Gasteiger partial charge in [-0.15, -0.1) is 0 Å². The molecule has 5 nitrogen and oxygen atoms in total. The minimum atomic E-state index is -0.536. The first-order chi connectivity index (χ1) is 11.5. The van der Waals surface area contributed by atoms with Crippen LogP contribution >= 0.6 is 11.6 Å². The van der Waals surface area contributed by atoms with Crippen LogP contribution in [0.25, 0.3) is 0 Å².